The third-order valence-corrected chi connectivity index (χ3v) is 5.53. The van der Waals surface area contributed by atoms with Gasteiger partial charge in [0.2, 0.25) is 0 Å². The number of halogens is 2. The second-order valence-corrected chi connectivity index (χ2v) is 7.86. The maximum Gasteiger partial charge on any atom is 0.187 e. The SMILES string of the molecule is CCc1c(Nc2ncc(CNc3c(C)cccc3Cl)s2)cc(Cl)nc1C. The number of hydrogen-bond donors (Lipinski definition) is 2. The smallest absolute Gasteiger partial charge is 0.187 e. The summed E-state index contributed by atoms with van der Waals surface area (Å²) in [5.41, 5.74) is 5.13. The van der Waals surface area contributed by atoms with Crippen LogP contribution in [0.1, 0.15) is 28.6 Å². The molecule has 0 atom stereocenters. The molecule has 26 heavy (non-hydrogen) atoms. The molecule has 0 aliphatic rings. The molecule has 0 saturated heterocycles. The number of nitrogens with one attached hydrogen (secondary N) is 2. The van der Waals surface area contributed by atoms with Crippen molar-refractivity contribution < 1.29 is 0 Å². The average Bonchev–Trinajstić information content (AvgIpc) is 3.01. The molecule has 2 N–H and O–H groups in total. The van der Waals surface area contributed by atoms with Crippen LogP contribution in [0.3, 0.4) is 0 Å². The molecule has 1 aromatic carbocycles. The highest BCUT2D eigenvalue weighted by Crippen LogP contribution is 2.30. The van der Waals surface area contributed by atoms with Crippen molar-refractivity contribution in [3.8, 4) is 0 Å². The Bertz CT molecular complexity index is 904. The topological polar surface area (TPSA) is 49.8 Å². The molecular formula is C19H20Cl2N4S. The quantitative estimate of drug-likeness (QED) is 0.466. The summed E-state index contributed by atoms with van der Waals surface area (Å²) in [4.78, 5) is 9.90. The van der Waals surface area contributed by atoms with Crippen molar-refractivity contribution in [2.75, 3.05) is 10.6 Å². The van der Waals surface area contributed by atoms with Crippen LogP contribution in [0.25, 0.3) is 0 Å². The zero-order valence-electron chi connectivity index (χ0n) is 14.9. The van der Waals surface area contributed by atoms with Crippen molar-refractivity contribution in [3.63, 3.8) is 0 Å². The van der Waals surface area contributed by atoms with Gasteiger partial charge in [-0.1, -0.05) is 53.6 Å². The molecule has 0 aliphatic heterocycles. The van der Waals surface area contributed by atoms with Crippen molar-refractivity contribution >= 4 is 51.0 Å². The van der Waals surface area contributed by atoms with Gasteiger partial charge in [-0.25, -0.2) is 9.97 Å². The van der Waals surface area contributed by atoms with Crippen LogP contribution in [0.2, 0.25) is 10.2 Å². The summed E-state index contributed by atoms with van der Waals surface area (Å²) in [5, 5.41) is 8.80. The van der Waals surface area contributed by atoms with Gasteiger partial charge in [-0.15, -0.1) is 0 Å². The first-order valence-corrected chi connectivity index (χ1v) is 9.92. The monoisotopic (exact) mass is 406 g/mol. The molecule has 136 valence electrons. The molecule has 2 heterocycles. The number of rotatable bonds is 6. The minimum Gasteiger partial charge on any atom is -0.379 e. The molecule has 4 nitrogen and oxygen atoms in total. The van der Waals surface area contributed by atoms with Crippen LogP contribution in [-0.2, 0) is 13.0 Å². The van der Waals surface area contributed by atoms with Crippen LogP contribution in [0, 0.1) is 13.8 Å². The van der Waals surface area contributed by atoms with Crippen LogP contribution < -0.4 is 10.6 Å². The van der Waals surface area contributed by atoms with Crippen molar-refractivity contribution in [1.29, 1.82) is 0 Å². The van der Waals surface area contributed by atoms with Crippen molar-refractivity contribution in [2.24, 2.45) is 0 Å². The summed E-state index contributed by atoms with van der Waals surface area (Å²) in [6.07, 6.45) is 2.75. The summed E-state index contributed by atoms with van der Waals surface area (Å²) in [6.45, 7) is 6.78. The fraction of sp³-hybridized carbons (Fsp3) is 0.263. The van der Waals surface area contributed by atoms with E-state index in [9.17, 15) is 0 Å². The van der Waals surface area contributed by atoms with Crippen LogP contribution in [0.5, 0.6) is 0 Å². The first-order chi connectivity index (χ1) is 12.5. The molecule has 3 aromatic rings. The standard InChI is InChI=1S/C19H20Cl2N4S/c1-4-14-12(3)24-17(21)8-16(14)25-19-23-10-13(26-19)9-22-18-11(2)6-5-7-15(18)20/h5-8,10,22H,4,9H2,1-3H3,(H,23,24,25). The number of thiazole rings is 1. The summed E-state index contributed by atoms with van der Waals surface area (Å²) in [5.74, 6) is 0. The van der Waals surface area contributed by atoms with Gasteiger partial charge in [0.1, 0.15) is 5.15 Å². The lowest BCUT2D eigenvalue weighted by atomic mass is 10.1. The van der Waals surface area contributed by atoms with E-state index in [2.05, 4.69) is 27.5 Å². The maximum absolute atomic E-state index is 6.27. The molecule has 7 heteroatoms. The van der Waals surface area contributed by atoms with E-state index in [4.69, 9.17) is 23.2 Å². The van der Waals surface area contributed by atoms with Crippen LogP contribution in [0.15, 0.2) is 30.5 Å². The molecule has 0 fully saturated rings. The summed E-state index contributed by atoms with van der Waals surface area (Å²) < 4.78 is 0. The first-order valence-electron chi connectivity index (χ1n) is 8.34. The van der Waals surface area contributed by atoms with Gasteiger partial charge in [-0.05, 0) is 43.5 Å². The molecule has 0 amide bonds. The van der Waals surface area contributed by atoms with E-state index in [1.165, 1.54) is 0 Å². The zero-order chi connectivity index (χ0) is 18.7. The number of para-hydroxylation sites is 1. The van der Waals surface area contributed by atoms with Crippen LogP contribution in [0.4, 0.5) is 16.5 Å². The van der Waals surface area contributed by atoms with E-state index in [-0.39, 0.29) is 0 Å². The third-order valence-electron chi connectivity index (χ3n) is 4.11. The number of aryl methyl sites for hydroxylation is 2. The Balaban J connectivity index is 1.73. The normalized spacial score (nSPS) is 10.8. The molecule has 0 spiro atoms. The average molecular weight is 407 g/mol. The lowest BCUT2D eigenvalue weighted by molar-refractivity contribution is 1.05. The van der Waals surface area contributed by atoms with Gasteiger partial charge >= 0.3 is 0 Å². The zero-order valence-corrected chi connectivity index (χ0v) is 17.2. The molecule has 0 bridgehead atoms. The Morgan fingerprint density at radius 2 is 2.00 bits per heavy atom. The van der Waals surface area contributed by atoms with Crippen molar-refractivity contribution in [1.82, 2.24) is 9.97 Å². The van der Waals surface area contributed by atoms with E-state index < -0.39 is 0 Å². The van der Waals surface area contributed by atoms with Crippen molar-refractivity contribution in [3.05, 3.63) is 62.3 Å². The van der Waals surface area contributed by atoms with E-state index in [0.29, 0.717) is 11.7 Å². The highest BCUT2D eigenvalue weighted by Gasteiger charge is 2.10. The summed E-state index contributed by atoms with van der Waals surface area (Å²) >= 11 is 14.0. The lowest BCUT2D eigenvalue weighted by Crippen LogP contribution is -2.00. The Morgan fingerprint density at radius 1 is 1.19 bits per heavy atom. The minimum atomic E-state index is 0.481. The van der Waals surface area contributed by atoms with Gasteiger partial charge in [0.25, 0.3) is 0 Å². The number of anilines is 3. The van der Waals surface area contributed by atoms with Gasteiger partial charge in [0, 0.05) is 22.5 Å². The number of hydrogen-bond acceptors (Lipinski definition) is 5. The summed E-state index contributed by atoms with van der Waals surface area (Å²) in [6, 6.07) is 7.72. The summed E-state index contributed by atoms with van der Waals surface area (Å²) in [7, 11) is 0. The predicted molar refractivity (Wildman–Crippen MR) is 112 cm³/mol. The van der Waals surface area contributed by atoms with E-state index >= 15 is 0 Å². The van der Waals surface area contributed by atoms with E-state index in [1.54, 1.807) is 11.3 Å². The van der Waals surface area contributed by atoms with Gasteiger partial charge < -0.3 is 10.6 Å². The Morgan fingerprint density at radius 3 is 2.73 bits per heavy atom. The van der Waals surface area contributed by atoms with Crippen LogP contribution in [-0.4, -0.2) is 9.97 Å². The van der Waals surface area contributed by atoms with Gasteiger partial charge in [-0.2, -0.15) is 0 Å². The van der Waals surface area contributed by atoms with Crippen molar-refractivity contribution in [2.45, 2.75) is 33.7 Å². The highest BCUT2D eigenvalue weighted by molar-refractivity contribution is 7.15. The second-order valence-electron chi connectivity index (χ2n) is 5.95. The Labute approximate surface area is 167 Å². The fourth-order valence-corrected chi connectivity index (χ4v) is 4.10. The van der Waals surface area contributed by atoms with Gasteiger partial charge in [0.15, 0.2) is 5.13 Å². The molecule has 2 aromatic heterocycles. The number of nitrogens with zero attached hydrogens (tertiary/aromatic N) is 2. The fourth-order valence-electron chi connectivity index (χ4n) is 2.81. The third kappa shape index (κ3) is 4.29. The largest absolute Gasteiger partial charge is 0.379 e. The van der Waals surface area contributed by atoms with Crippen LogP contribution >= 0.6 is 34.5 Å². The molecule has 0 saturated carbocycles. The molecule has 0 aliphatic carbocycles. The Hall–Kier alpha value is -1.82. The number of pyridine rings is 1. The molecule has 0 radical (unpaired) electrons. The van der Waals surface area contributed by atoms with E-state index in [0.717, 1.165) is 49.6 Å². The number of benzene rings is 1. The number of aromatic nitrogens is 2. The van der Waals surface area contributed by atoms with E-state index in [1.807, 2.05) is 44.3 Å². The van der Waals surface area contributed by atoms with Gasteiger partial charge in [0.05, 0.1) is 17.3 Å². The second kappa shape index (κ2) is 8.25. The minimum absolute atomic E-state index is 0.481. The maximum atomic E-state index is 6.27. The molecule has 3 rings (SSSR count). The Kier molecular flexibility index (Phi) is 6.01. The highest BCUT2D eigenvalue weighted by atomic mass is 35.5. The lowest BCUT2D eigenvalue weighted by Gasteiger charge is -2.11. The molecular weight excluding hydrogens is 387 g/mol. The molecule has 0 unspecified atom stereocenters. The van der Waals surface area contributed by atoms with Gasteiger partial charge in [-0.3, -0.25) is 0 Å². The predicted octanol–water partition coefficient (Wildman–Crippen LogP) is 6.38. The first kappa shape index (κ1) is 19.0.